The minimum absolute atomic E-state index is 0.309. The van der Waals surface area contributed by atoms with Crippen molar-refractivity contribution in [3.8, 4) is 0 Å². The van der Waals surface area contributed by atoms with E-state index in [9.17, 15) is 9.90 Å². The Balaban J connectivity index is 1.74. The fraction of sp³-hybridized carbons (Fsp3) is 0.350. The van der Waals surface area contributed by atoms with Gasteiger partial charge >= 0.3 is 5.97 Å². The first-order valence-electron chi connectivity index (χ1n) is 8.19. The number of aryl methyl sites for hydroxylation is 1. The van der Waals surface area contributed by atoms with E-state index in [-0.39, 0.29) is 5.97 Å². The SMILES string of the molecule is COC(=O)c1ccc(CCCN(C)C[C@H](O)c2ccccc2)cc1. The van der Waals surface area contributed by atoms with Crippen LogP contribution in [-0.4, -0.2) is 43.2 Å². The number of hydrogen-bond donors (Lipinski definition) is 1. The molecule has 0 radical (unpaired) electrons. The molecule has 0 aliphatic rings. The van der Waals surface area contributed by atoms with Crippen LogP contribution in [0.15, 0.2) is 54.6 Å². The number of carbonyl (C=O) groups is 1. The Kier molecular flexibility index (Phi) is 6.97. The highest BCUT2D eigenvalue weighted by molar-refractivity contribution is 5.89. The third-order valence-corrected chi connectivity index (χ3v) is 4.05. The summed E-state index contributed by atoms with van der Waals surface area (Å²) in [5.74, 6) is -0.309. The van der Waals surface area contributed by atoms with Gasteiger partial charge in [0.2, 0.25) is 0 Å². The highest BCUT2D eigenvalue weighted by Crippen LogP contribution is 2.13. The molecule has 2 aromatic rings. The summed E-state index contributed by atoms with van der Waals surface area (Å²) in [5, 5.41) is 10.2. The van der Waals surface area contributed by atoms with E-state index < -0.39 is 6.10 Å². The van der Waals surface area contributed by atoms with Gasteiger partial charge in [0.05, 0.1) is 18.8 Å². The van der Waals surface area contributed by atoms with Gasteiger partial charge in [0.15, 0.2) is 0 Å². The molecule has 0 aliphatic carbocycles. The van der Waals surface area contributed by atoms with Crippen molar-refractivity contribution < 1.29 is 14.6 Å². The van der Waals surface area contributed by atoms with Gasteiger partial charge < -0.3 is 14.7 Å². The van der Waals surface area contributed by atoms with E-state index in [1.807, 2.05) is 49.5 Å². The van der Waals surface area contributed by atoms with Crippen LogP contribution in [0.5, 0.6) is 0 Å². The summed E-state index contributed by atoms with van der Waals surface area (Å²) in [7, 11) is 3.41. The number of ether oxygens (including phenoxy) is 1. The lowest BCUT2D eigenvalue weighted by atomic mass is 10.1. The molecule has 2 rings (SSSR count). The topological polar surface area (TPSA) is 49.8 Å². The minimum atomic E-state index is -0.462. The molecule has 4 nitrogen and oxygen atoms in total. The molecule has 0 aliphatic heterocycles. The first-order chi connectivity index (χ1) is 11.6. The van der Waals surface area contributed by atoms with Gasteiger partial charge in [-0.05, 0) is 49.7 Å². The Bertz CT molecular complexity index is 625. The second-order valence-corrected chi connectivity index (χ2v) is 5.98. The second kappa shape index (κ2) is 9.21. The Labute approximate surface area is 143 Å². The molecule has 0 amide bonds. The zero-order chi connectivity index (χ0) is 17.4. The first kappa shape index (κ1) is 18.2. The summed E-state index contributed by atoms with van der Waals surface area (Å²) in [4.78, 5) is 13.5. The number of aliphatic hydroxyl groups is 1. The highest BCUT2D eigenvalue weighted by Gasteiger charge is 2.10. The molecule has 0 heterocycles. The van der Waals surface area contributed by atoms with Gasteiger partial charge in [0.1, 0.15) is 0 Å². The van der Waals surface area contributed by atoms with Crippen molar-refractivity contribution in [3.63, 3.8) is 0 Å². The number of hydrogen-bond acceptors (Lipinski definition) is 4. The molecule has 0 bridgehead atoms. The van der Waals surface area contributed by atoms with Crippen LogP contribution < -0.4 is 0 Å². The van der Waals surface area contributed by atoms with Gasteiger partial charge in [-0.15, -0.1) is 0 Å². The standard InChI is InChI=1S/C20H25NO3/c1-21(15-19(22)17-8-4-3-5-9-17)14-6-7-16-10-12-18(13-11-16)20(23)24-2/h3-5,8-13,19,22H,6-7,14-15H2,1-2H3/t19-/m0/s1. The van der Waals surface area contributed by atoms with E-state index >= 15 is 0 Å². The number of nitrogens with zero attached hydrogens (tertiary/aromatic N) is 1. The van der Waals surface area contributed by atoms with Crippen LogP contribution in [0.2, 0.25) is 0 Å². The average Bonchev–Trinajstić information content (AvgIpc) is 2.62. The molecule has 2 aromatic carbocycles. The normalized spacial score (nSPS) is 12.2. The molecule has 0 unspecified atom stereocenters. The van der Waals surface area contributed by atoms with Gasteiger partial charge in [-0.3, -0.25) is 0 Å². The molecule has 1 atom stereocenters. The molecule has 4 heteroatoms. The summed E-state index contributed by atoms with van der Waals surface area (Å²) < 4.78 is 4.69. The molecule has 0 saturated heterocycles. The van der Waals surface area contributed by atoms with Crippen molar-refractivity contribution in [2.75, 3.05) is 27.2 Å². The number of esters is 1. The van der Waals surface area contributed by atoms with Gasteiger partial charge in [0.25, 0.3) is 0 Å². The summed E-state index contributed by atoms with van der Waals surface area (Å²) in [6, 6.07) is 17.2. The zero-order valence-corrected chi connectivity index (χ0v) is 14.3. The van der Waals surface area contributed by atoms with E-state index in [1.165, 1.54) is 12.7 Å². The fourth-order valence-electron chi connectivity index (χ4n) is 2.65. The zero-order valence-electron chi connectivity index (χ0n) is 14.3. The van der Waals surface area contributed by atoms with Crippen LogP contribution in [-0.2, 0) is 11.2 Å². The van der Waals surface area contributed by atoms with Crippen LogP contribution in [0.3, 0.4) is 0 Å². The van der Waals surface area contributed by atoms with Crippen molar-refractivity contribution in [1.82, 2.24) is 4.90 Å². The molecule has 0 spiro atoms. The Morgan fingerprint density at radius 2 is 1.79 bits per heavy atom. The number of methoxy groups -OCH3 is 1. The predicted molar refractivity (Wildman–Crippen MR) is 95.0 cm³/mol. The lowest BCUT2D eigenvalue weighted by molar-refractivity contribution is 0.0600. The summed E-state index contributed by atoms with van der Waals surface area (Å²) in [6.45, 7) is 1.52. The van der Waals surface area contributed by atoms with E-state index in [1.54, 1.807) is 12.1 Å². The predicted octanol–water partition coefficient (Wildman–Crippen LogP) is 3.07. The number of rotatable bonds is 8. The monoisotopic (exact) mass is 327 g/mol. The van der Waals surface area contributed by atoms with Crippen molar-refractivity contribution in [2.45, 2.75) is 18.9 Å². The van der Waals surface area contributed by atoms with Crippen molar-refractivity contribution in [2.24, 2.45) is 0 Å². The van der Waals surface area contributed by atoms with Crippen LogP contribution in [0.4, 0.5) is 0 Å². The lowest BCUT2D eigenvalue weighted by Crippen LogP contribution is -2.26. The smallest absolute Gasteiger partial charge is 0.337 e. The number of benzene rings is 2. The van der Waals surface area contributed by atoms with Gasteiger partial charge in [-0.1, -0.05) is 42.5 Å². The molecule has 0 fully saturated rings. The second-order valence-electron chi connectivity index (χ2n) is 5.98. The molecule has 24 heavy (non-hydrogen) atoms. The first-order valence-corrected chi connectivity index (χ1v) is 8.19. The third-order valence-electron chi connectivity index (χ3n) is 4.05. The van der Waals surface area contributed by atoms with Crippen LogP contribution in [0.1, 0.15) is 34.0 Å². The minimum Gasteiger partial charge on any atom is -0.465 e. The van der Waals surface area contributed by atoms with Gasteiger partial charge in [-0.2, -0.15) is 0 Å². The maximum absolute atomic E-state index is 11.4. The molecule has 128 valence electrons. The lowest BCUT2D eigenvalue weighted by Gasteiger charge is -2.20. The van der Waals surface area contributed by atoms with Crippen LogP contribution in [0, 0.1) is 0 Å². The molecular formula is C20H25NO3. The number of aliphatic hydroxyl groups excluding tert-OH is 1. The molecule has 0 aromatic heterocycles. The summed E-state index contributed by atoms with van der Waals surface area (Å²) >= 11 is 0. The maximum Gasteiger partial charge on any atom is 0.337 e. The summed E-state index contributed by atoms with van der Waals surface area (Å²) in [6.07, 6.45) is 1.47. The maximum atomic E-state index is 11.4. The van der Waals surface area contributed by atoms with E-state index in [0.717, 1.165) is 24.9 Å². The average molecular weight is 327 g/mol. The Morgan fingerprint density at radius 3 is 2.42 bits per heavy atom. The third kappa shape index (κ3) is 5.48. The quantitative estimate of drug-likeness (QED) is 0.757. The Hall–Kier alpha value is -2.17. The van der Waals surface area contributed by atoms with Crippen molar-refractivity contribution in [3.05, 3.63) is 71.3 Å². The van der Waals surface area contributed by atoms with Crippen LogP contribution in [0.25, 0.3) is 0 Å². The number of likely N-dealkylation sites (N-methyl/N-ethyl adjacent to an activating group) is 1. The van der Waals surface area contributed by atoms with Crippen LogP contribution >= 0.6 is 0 Å². The van der Waals surface area contributed by atoms with Gasteiger partial charge in [0, 0.05) is 6.54 Å². The highest BCUT2D eigenvalue weighted by atomic mass is 16.5. The molecule has 1 N–H and O–H groups in total. The molecular weight excluding hydrogens is 302 g/mol. The summed E-state index contributed by atoms with van der Waals surface area (Å²) in [5.41, 5.74) is 2.71. The van der Waals surface area contributed by atoms with Crippen molar-refractivity contribution in [1.29, 1.82) is 0 Å². The van der Waals surface area contributed by atoms with E-state index in [0.29, 0.717) is 12.1 Å². The fourth-order valence-corrected chi connectivity index (χ4v) is 2.65. The van der Waals surface area contributed by atoms with Crippen molar-refractivity contribution >= 4 is 5.97 Å². The van der Waals surface area contributed by atoms with E-state index in [2.05, 4.69) is 4.90 Å². The number of carbonyl (C=O) groups excluding carboxylic acids is 1. The molecule has 0 saturated carbocycles. The largest absolute Gasteiger partial charge is 0.465 e. The van der Waals surface area contributed by atoms with E-state index in [4.69, 9.17) is 4.74 Å². The Morgan fingerprint density at radius 1 is 1.12 bits per heavy atom. The van der Waals surface area contributed by atoms with Gasteiger partial charge in [-0.25, -0.2) is 4.79 Å².